The molecular formula is C14H24N4O2S. The molecule has 1 aromatic heterocycles. The first-order valence-electron chi connectivity index (χ1n) is 7.70. The normalized spacial score (nSPS) is 16.9. The molecule has 1 N–H and O–H groups in total. The highest BCUT2D eigenvalue weighted by Crippen LogP contribution is 2.19. The van der Waals surface area contributed by atoms with Gasteiger partial charge < -0.3 is 14.9 Å². The molecule has 1 aromatic rings. The predicted molar refractivity (Wildman–Crippen MR) is 84.0 cm³/mol. The molecule has 0 aromatic carbocycles. The van der Waals surface area contributed by atoms with Crippen molar-refractivity contribution in [3.05, 3.63) is 5.82 Å². The van der Waals surface area contributed by atoms with Crippen molar-refractivity contribution in [2.24, 2.45) is 0 Å². The lowest BCUT2D eigenvalue weighted by Gasteiger charge is -2.21. The third-order valence-electron chi connectivity index (χ3n) is 3.75. The summed E-state index contributed by atoms with van der Waals surface area (Å²) >= 11 is 1.50. The van der Waals surface area contributed by atoms with E-state index in [4.69, 9.17) is 5.11 Å². The Bertz CT molecular complexity index is 452. The predicted octanol–water partition coefficient (Wildman–Crippen LogP) is 1.87. The Balaban J connectivity index is 1.75. The van der Waals surface area contributed by atoms with E-state index in [0.717, 1.165) is 69.4 Å². The third-order valence-corrected chi connectivity index (χ3v) is 4.56. The van der Waals surface area contributed by atoms with Crippen molar-refractivity contribution in [2.75, 3.05) is 37.6 Å². The average molecular weight is 312 g/mol. The van der Waals surface area contributed by atoms with E-state index >= 15 is 0 Å². The molecular weight excluding hydrogens is 288 g/mol. The van der Waals surface area contributed by atoms with Crippen molar-refractivity contribution in [3.8, 4) is 0 Å². The van der Waals surface area contributed by atoms with Gasteiger partial charge in [-0.25, -0.2) is 4.98 Å². The van der Waals surface area contributed by atoms with Crippen LogP contribution in [0.15, 0.2) is 0 Å². The van der Waals surface area contributed by atoms with Crippen LogP contribution in [0.1, 0.15) is 38.4 Å². The molecule has 1 aliphatic heterocycles. The maximum Gasteiger partial charge on any atom is 0.303 e. The Morgan fingerprint density at radius 2 is 2.14 bits per heavy atom. The Labute approximate surface area is 130 Å². The number of aryl methyl sites for hydroxylation is 1. The summed E-state index contributed by atoms with van der Waals surface area (Å²) in [5, 5.41) is 9.69. The van der Waals surface area contributed by atoms with Crippen molar-refractivity contribution in [2.45, 2.75) is 39.0 Å². The minimum absolute atomic E-state index is 0.282. The van der Waals surface area contributed by atoms with Gasteiger partial charge in [0.1, 0.15) is 5.82 Å². The van der Waals surface area contributed by atoms with Crippen LogP contribution < -0.4 is 4.90 Å². The zero-order chi connectivity index (χ0) is 15.1. The lowest BCUT2D eigenvalue weighted by molar-refractivity contribution is -0.137. The Morgan fingerprint density at radius 3 is 2.86 bits per heavy atom. The molecule has 7 heteroatoms. The number of nitrogens with zero attached hydrogens (tertiary/aromatic N) is 4. The molecule has 1 aliphatic rings. The van der Waals surface area contributed by atoms with Crippen LogP contribution in [-0.4, -0.2) is 58.1 Å². The summed E-state index contributed by atoms with van der Waals surface area (Å²) in [7, 11) is 0. The molecule has 0 amide bonds. The van der Waals surface area contributed by atoms with Gasteiger partial charge in [0.05, 0.1) is 0 Å². The number of carboxylic acids is 1. The van der Waals surface area contributed by atoms with Crippen LogP contribution in [-0.2, 0) is 11.2 Å². The number of carbonyl (C=O) groups is 1. The van der Waals surface area contributed by atoms with E-state index in [1.165, 1.54) is 11.5 Å². The van der Waals surface area contributed by atoms with Gasteiger partial charge in [0.25, 0.3) is 0 Å². The standard InChI is InChI=1S/C14H24N4O2S/c1-2-12-15-14(21-16-12)18-9-5-8-17(10-11-18)7-4-3-6-13(19)20/h2-11H2,1H3,(H,19,20). The van der Waals surface area contributed by atoms with Crippen LogP contribution in [0.25, 0.3) is 0 Å². The summed E-state index contributed by atoms with van der Waals surface area (Å²) in [4.78, 5) is 19.8. The van der Waals surface area contributed by atoms with E-state index in [0.29, 0.717) is 0 Å². The van der Waals surface area contributed by atoms with Gasteiger partial charge in [-0.3, -0.25) is 4.79 Å². The van der Waals surface area contributed by atoms with Crippen molar-refractivity contribution >= 4 is 22.6 Å². The van der Waals surface area contributed by atoms with Gasteiger partial charge in [0, 0.05) is 44.0 Å². The van der Waals surface area contributed by atoms with Crippen molar-refractivity contribution in [1.29, 1.82) is 0 Å². The number of unbranched alkanes of at least 4 members (excludes halogenated alkanes) is 1. The highest BCUT2D eigenvalue weighted by Gasteiger charge is 2.17. The van der Waals surface area contributed by atoms with E-state index in [1.807, 2.05) is 0 Å². The second-order valence-electron chi connectivity index (χ2n) is 5.38. The molecule has 2 heterocycles. The number of aromatic nitrogens is 2. The molecule has 1 saturated heterocycles. The first-order chi connectivity index (χ1) is 10.2. The topological polar surface area (TPSA) is 69.6 Å². The van der Waals surface area contributed by atoms with Gasteiger partial charge in [-0.2, -0.15) is 4.37 Å². The molecule has 6 nitrogen and oxygen atoms in total. The molecule has 118 valence electrons. The third kappa shape index (κ3) is 5.24. The first kappa shape index (κ1) is 16.2. The molecule has 0 atom stereocenters. The zero-order valence-corrected chi connectivity index (χ0v) is 13.4. The van der Waals surface area contributed by atoms with Crippen molar-refractivity contribution < 1.29 is 9.90 Å². The van der Waals surface area contributed by atoms with Gasteiger partial charge in [0.2, 0.25) is 5.13 Å². The first-order valence-corrected chi connectivity index (χ1v) is 8.48. The van der Waals surface area contributed by atoms with E-state index in [9.17, 15) is 4.79 Å². The van der Waals surface area contributed by atoms with Crippen LogP contribution in [0.5, 0.6) is 0 Å². The lowest BCUT2D eigenvalue weighted by atomic mass is 10.2. The molecule has 0 saturated carbocycles. The summed E-state index contributed by atoms with van der Waals surface area (Å²) in [6.07, 6.45) is 4.03. The second-order valence-corrected chi connectivity index (χ2v) is 6.11. The van der Waals surface area contributed by atoms with E-state index in [-0.39, 0.29) is 6.42 Å². The van der Waals surface area contributed by atoms with Gasteiger partial charge >= 0.3 is 5.97 Å². The molecule has 0 aliphatic carbocycles. The summed E-state index contributed by atoms with van der Waals surface area (Å²) in [6.45, 7) is 7.20. The average Bonchev–Trinajstić information content (AvgIpc) is 2.83. The lowest BCUT2D eigenvalue weighted by Crippen LogP contribution is -2.31. The van der Waals surface area contributed by atoms with Crippen LogP contribution >= 0.6 is 11.5 Å². The van der Waals surface area contributed by atoms with Crippen LogP contribution in [0.2, 0.25) is 0 Å². The van der Waals surface area contributed by atoms with E-state index in [1.54, 1.807) is 0 Å². The number of hydrogen-bond acceptors (Lipinski definition) is 6. The Hall–Kier alpha value is -1.21. The molecule has 0 unspecified atom stereocenters. The fourth-order valence-corrected chi connectivity index (χ4v) is 3.32. The molecule has 2 rings (SSSR count). The maximum atomic E-state index is 10.5. The van der Waals surface area contributed by atoms with Gasteiger partial charge in [-0.15, -0.1) is 0 Å². The van der Waals surface area contributed by atoms with Crippen LogP contribution in [0, 0.1) is 0 Å². The minimum atomic E-state index is -0.694. The fourth-order valence-electron chi connectivity index (χ4n) is 2.51. The smallest absolute Gasteiger partial charge is 0.303 e. The van der Waals surface area contributed by atoms with E-state index < -0.39 is 5.97 Å². The second kappa shape index (κ2) is 8.29. The zero-order valence-electron chi connectivity index (χ0n) is 12.6. The van der Waals surface area contributed by atoms with Crippen LogP contribution in [0.3, 0.4) is 0 Å². The summed E-state index contributed by atoms with van der Waals surface area (Å²) < 4.78 is 4.36. The molecule has 0 bridgehead atoms. The van der Waals surface area contributed by atoms with Crippen molar-refractivity contribution in [3.63, 3.8) is 0 Å². The van der Waals surface area contributed by atoms with Gasteiger partial charge in [-0.05, 0) is 32.4 Å². The summed E-state index contributed by atoms with van der Waals surface area (Å²) in [5.74, 6) is 0.241. The minimum Gasteiger partial charge on any atom is -0.481 e. The maximum absolute atomic E-state index is 10.5. The number of carboxylic acid groups (broad SMARTS) is 1. The largest absolute Gasteiger partial charge is 0.481 e. The number of anilines is 1. The number of rotatable bonds is 7. The van der Waals surface area contributed by atoms with Crippen LogP contribution in [0.4, 0.5) is 5.13 Å². The Kier molecular flexibility index (Phi) is 6.38. The van der Waals surface area contributed by atoms with E-state index in [2.05, 4.69) is 26.1 Å². The van der Waals surface area contributed by atoms with Gasteiger partial charge in [0.15, 0.2) is 0 Å². The number of hydrogen-bond donors (Lipinski definition) is 1. The molecule has 0 radical (unpaired) electrons. The quantitative estimate of drug-likeness (QED) is 0.775. The Morgan fingerprint density at radius 1 is 1.29 bits per heavy atom. The molecule has 21 heavy (non-hydrogen) atoms. The summed E-state index contributed by atoms with van der Waals surface area (Å²) in [5.41, 5.74) is 0. The highest BCUT2D eigenvalue weighted by molar-refractivity contribution is 7.09. The fraction of sp³-hybridized carbons (Fsp3) is 0.786. The summed E-state index contributed by atoms with van der Waals surface area (Å²) in [6, 6.07) is 0. The van der Waals surface area contributed by atoms with Crippen molar-refractivity contribution in [1.82, 2.24) is 14.3 Å². The number of aliphatic carboxylic acids is 1. The monoisotopic (exact) mass is 312 g/mol. The highest BCUT2D eigenvalue weighted by atomic mass is 32.1. The SMILES string of the molecule is CCc1nsc(N2CCCN(CCCCC(=O)O)CC2)n1. The molecule has 0 spiro atoms. The van der Waals surface area contributed by atoms with Gasteiger partial charge in [-0.1, -0.05) is 6.92 Å². The molecule has 1 fully saturated rings.